The number of nitrogens with one attached hydrogen (secondary N) is 1. The van der Waals surface area contributed by atoms with Crippen LogP contribution in [0.4, 0.5) is 11.4 Å². The molecule has 1 heteroatoms. The van der Waals surface area contributed by atoms with Gasteiger partial charge in [-0.25, -0.2) is 0 Å². The standard InChI is InChI=1S/C39H29N/c1-27-23-34(38-26-35(28-9-3-2-4-10-28)25-33-13-7-8-14-37(33)38)19-22-39(27)40-36-20-17-30(18-21-36)32-16-15-29-11-5-6-12-31(29)24-32/h2-26,40H,1H3. The minimum absolute atomic E-state index is 1.08. The van der Waals surface area contributed by atoms with Gasteiger partial charge in [-0.05, 0) is 110 Å². The zero-order valence-electron chi connectivity index (χ0n) is 22.4. The lowest BCUT2D eigenvalue weighted by molar-refractivity contribution is 1.43. The van der Waals surface area contributed by atoms with E-state index >= 15 is 0 Å². The average molecular weight is 512 g/mol. The molecule has 0 aliphatic carbocycles. The van der Waals surface area contributed by atoms with Gasteiger partial charge in [0.15, 0.2) is 0 Å². The van der Waals surface area contributed by atoms with Gasteiger partial charge in [-0.2, -0.15) is 0 Å². The Hall–Kier alpha value is -5.14. The Labute approximate surface area is 235 Å². The molecule has 0 aliphatic rings. The van der Waals surface area contributed by atoms with Crippen LogP contribution >= 0.6 is 0 Å². The van der Waals surface area contributed by atoms with E-state index < -0.39 is 0 Å². The Bertz CT molecular complexity index is 1970. The third-order valence-electron chi connectivity index (χ3n) is 7.75. The molecule has 1 nitrogen and oxygen atoms in total. The molecule has 0 aliphatic heterocycles. The third-order valence-corrected chi connectivity index (χ3v) is 7.75. The van der Waals surface area contributed by atoms with Crippen LogP contribution in [0.1, 0.15) is 5.56 Å². The normalized spacial score (nSPS) is 11.1. The molecular formula is C39H29N. The lowest BCUT2D eigenvalue weighted by Gasteiger charge is -2.15. The summed E-state index contributed by atoms with van der Waals surface area (Å²) in [5.41, 5.74) is 10.8. The lowest BCUT2D eigenvalue weighted by Crippen LogP contribution is -1.94. The predicted molar refractivity (Wildman–Crippen MR) is 172 cm³/mol. The van der Waals surface area contributed by atoms with E-state index in [1.165, 1.54) is 60.5 Å². The fourth-order valence-corrected chi connectivity index (χ4v) is 5.59. The van der Waals surface area contributed by atoms with Gasteiger partial charge in [0.2, 0.25) is 0 Å². The molecule has 1 N–H and O–H groups in total. The summed E-state index contributed by atoms with van der Waals surface area (Å²) in [6.07, 6.45) is 0. The zero-order chi connectivity index (χ0) is 26.9. The van der Waals surface area contributed by atoms with Gasteiger partial charge < -0.3 is 5.32 Å². The van der Waals surface area contributed by atoms with Crippen molar-refractivity contribution >= 4 is 32.9 Å². The van der Waals surface area contributed by atoms with Crippen LogP contribution in [0, 0.1) is 6.92 Å². The fraction of sp³-hybridized carbons (Fsp3) is 0.0256. The van der Waals surface area contributed by atoms with E-state index in [0.29, 0.717) is 0 Å². The smallest absolute Gasteiger partial charge is 0.0414 e. The summed E-state index contributed by atoms with van der Waals surface area (Å²) in [4.78, 5) is 0. The second kappa shape index (κ2) is 10.2. The molecule has 0 unspecified atom stereocenters. The van der Waals surface area contributed by atoms with Crippen molar-refractivity contribution in [3.8, 4) is 33.4 Å². The first-order chi connectivity index (χ1) is 19.7. The van der Waals surface area contributed by atoms with Crippen LogP contribution in [0.15, 0.2) is 152 Å². The monoisotopic (exact) mass is 511 g/mol. The SMILES string of the molecule is Cc1cc(-c2cc(-c3ccccc3)cc3ccccc23)ccc1Nc1ccc(-c2ccc3ccccc3c2)cc1. The van der Waals surface area contributed by atoms with Crippen molar-refractivity contribution in [3.63, 3.8) is 0 Å². The van der Waals surface area contributed by atoms with Crippen molar-refractivity contribution in [2.45, 2.75) is 6.92 Å². The molecule has 0 spiro atoms. The summed E-state index contributed by atoms with van der Waals surface area (Å²) in [5.74, 6) is 0. The molecule has 40 heavy (non-hydrogen) atoms. The van der Waals surface area contributed by atoms with Crippen molar-refractivity contribution < 1.29 is 0 Å². The Balaban J connectivity index is 1.18. The number of hydrogen-bond acceptors (Lipinski definition) is 1. The molecule has 7 aromatic rings. The summed E-state index contributed by atoms with van der Waals surface area (Å²) in [6.45, 7) is 2.18. The van der Waals surface area contributed by atoms with Gasteiger partial charge in [-0.3, -0.25) is 0 Å². The number of hydrogen-bond donors (Lipinski definition) is 1. The first-order valence-corrected chi connectivity index (χ1v) is 13.8. The molecular weight excluding hydrogens is 482 g/mol. The van der Waals surface area contributed by atoms with Crippen molar-refractivity contribution in [2.24, 2.45) is 0 Å². The molecule has 0 aromatic heterocycles. The second-order valence-electron chi connectivity index (χ2n) is 10.4. The fourth-order valence-electron chi connectivity index (χ4n) is 5.59. The van der Waals surface area contributed by atoms with Gasteiger partial charge in [0.1, 0.15) is 0 Å². The van der Waals surface area contributed by atoms with Crippen molar-refractivity contribution in [1.29, 1.82) is 0 Å². The van der Waals surface area contributed by atoms with Crippen LogP contribution < -0.4 is 5.32 Å². The Morgan fingerprint density at radius 1 is 0.400 bits per heavy atom. The maximum atomic E-state index is 3.63. The van der Waals surface area contributed by atoms with Crippen LogP contribution in [0.25, 0.3) is 54.9 Å². The van der Waals surface area contributed by atoms with Crippen LogP contribution in [0.3, 0.4) is 0 Å². The number of rotatable bonds is 5. The second-order valence-corrected chi connectivity index (χ2v) is 10.4. The van der Waals surface area contributed by atoms with E-state index in [1.807, 2.05) is 0 Å². The van der Waals surface area contributed by atoms with Gasteiger partial charge in [0.25, 0.3) is 0 Å². The van der Waals surface area contributed by atoms with Crippen molar-refractivity contribution in [3.05, 3.63) is 157 Å². The van der Waals surface area contributed by atoms with Gasteiger partial charge in [-0.1, -0.05) is 109 Å². The first kappa shape index (κ1) is 23.9. The molecule has 0 atom stereocenters. The van der Waals surface area contributed by atoms with Crippen molar-refractivity contribution in [1.82, 2.24) is 0 Å². The van der Waals surface area contributed by atoms with E-state index in [1.54, 1.807) is 0 Å². The van der Waals surface area contributed by atoms with Gasteiger partial charge in [0, 0.05) is 11.4 Å². The number of anilines is 2. The maximum Gasteiger partial charge on any atom is 0.0414 e. The Morgan fingerprint density at radius 3 is 1.82 bits per heavy atom. The van der Waals surface area contributed by atoms with Crippen LogP contribution in [-0.2, 0) is 0 Å². The molecule has 190 valence electrons. The van der Waals surface area contributed by atoms with Crippen molar-refractivity contribution in [2.75, 3.05) is 5.32 Å². The minimum Gasteiger partial charge on any atom is -0.355 e. The van der Waals surface area contributed by atoms with E-state index in [2.05, 4.69) is 164 Å². The predicted octanol–water partition coefficient (Wildman–Crippen LogP) is 11.0. The molecule has 0 saturated heterocycles. The summed E-state index contributed by atoms with van der Waals surface area (Å²) < 4.78 is 0. The van der Waals surface area contributed by atoms with Gasteiger partial charge in [0.05, 0.1) is 0 Å². The highest BCUT2D eigenvalue weighted by Gasteiger charge is 2.10. The molecule has 0 amide bonds. The van der Waals surface area contributed by atoms with E-state index in [9.17, 15) is 0 Å². The summed E-state index contributed by atoms with van der Waals surface area (Å²) >= 11 is 0. The maximum absolute atomic E-state index is 3.63. The Kier molecular flexibility index (Phi) is 6.11. The molecule has 0 saturated carbocycles. The van der Waals surface area contributed by atoms with Crippen LogP contribution in [0.5, 0.6) is 0 Å². The van der Waals surface area contributed by atoms with E-state index in [4.69, 9.17) is 0 Å². The highest BCUT2D eigenvalue weighted by atomic mass is 14.9. The lowest BCUT2D eigenvalue weighted by atomic mass is 9.92. The van der Waals surface area contributed by atoms with E-state index in [0.717, 1.165) is 11.4 Å². The average Bonchev–Trinajstić information content (AvgIpc) is 3.02. The third kappa shape index (κ3) is 4.63. The molecule has 0 radical (unpaired) electrons. The van der Waals surface area contributed by atoms with Crippen LogP contribution in [-0.4, -0.2) is 0 Å². The quantitative estimate of drug-likeness (QED) is 0.242. The molecule has 0 fully saturated rings. The van der Waals surface area contributed by atoms with E-state index in [-0.39, 0.29) is 0 Å². The molecule has 0 heterocycles. The molecule has 7 aromatic carbocycles. The highest BCUT2D eigenvalue weighted by Crippen LogP contribution is 2.36. The minimum atomic E-state index is 1.08. The number of fused-ring (bicyclic) bond motifs is 2. The topological polar surface area (TPSA) is 12.0 Å². The van der Waals surface area contributed by atoms with Gasteiger partial charge in [-0.15, -0.1) is 0 Å². The van der Waals surface area contributed by atoms with Gasteiger partial charge >= 0.3 is 0 Å². The summed E-state index contributed by atoms with van der Waals surface area (Å²) in [5, 5.41) is 8.69. The number of benzene rings is 7. The summed E-state index contributed by atoms with van der Waals surface area (Å²) in [7, 11) is 0. The zero-order valence-corrected chi connectivity index (χ0v) is 22.4. The Morgan fingerprint density at radius 2 is 1.02 bits per heavy atom. The molecule has 0 bridgehead atoms. The highest BCUT2D eigenvalue weighted by molar-refractivity contribution is 6.00. The molecule has 7 rings (SSSR count). The summed E-state index contributed by atoms with van der Waals surface area (Å²) in [6, 6.07) is 54.5. The first-order valence-electron chi connectivity index (χ1n) is 13.8. The van der Waals surface area contributed by atoms with Crippen LogP contribution in [0.2, 0.25) is 0 Å². The largest absolute Gasteiger partial charge is 0.355 e. The number of aryl methyl sites for hydroxylation is 1.